The van der Waals surface area contributed by atoms with Gasteiger partial charge in [0.2, 0.25) is 5.75 Å². The Balaban J connectivity index is 3.03. The van der Waals surface area contributed by atoms with Gasteiger partial charge >= 0.3 is 5.69 Å². The molecule has 0 unspecified atom stereocenters. The number of thiocarbonyl (C=S) groups is 1. The lowest BCUT2D eigenvalue weighted by molar-refractivity contribution is -0.385. The van der Waals surface area contributed by atoms with Gasteiger partial charge in [-0.15, -0.1) is 0 Å². The van der Waals surface area contributed by atoms with Gasteiger partial charge in [0.05, 0.1) is 25.4 Å². The molecule has 0 fully saturated rings. The minimum absolute atomic E-state index is 0.0655. The molecule has 8 nitrogen and oxygen atoms in total. The van der Waals surface area contributed by atoms with E-state index in [1.165, 1.54) is 26.5 Å². The van der Waals surface area contributed by atoms with Crippen LogP contribution >= 0.6 is 12.2 Å². The molecule has 0 atom stereocenters. The molecule has 0 bridgehead atoms. The zero-order chi connectivity index (χ0) is 15.8. The zero-order valence-corrected chi connectivity index (χ0v) is 12.7. The number of benzene rings is 1. The third-order valence-electron chi connectivity index (χ3n) is 2.40. The van der Waals surface area contributed by atoms with Gasteiger partial charge in [-0.2, -0.15) is 5.10 Å². The van der Waals surface area contributed by atoms with Gasteiger partial charge < -0.3 is 14.8 Å². The smallest absolute Gasteiger partial charge is 0.315 e. The van der Waals surface area contributed by atoms with Gasteiger partial charge in [0.1, 0.15) is 0 Å². The summed E-state index contributed by atoms with van der Waals surface area (Å²) in [7, 11) is 2.75. The average Bonchev–Trinajstić information content (AvgIpc) is 2.46. The first-order valence-corrected chi connectivity index (χ1v) is 6.41. The zero-order valence-electron chi connectivity index (χ0n) is 11.9. The Morgan fingerprint density at radius 3 is 2.71 bits per heavy atom. The van der Waals surface area contributed by atoms with Crippen molar-refractivity contribution in [2.24, 2.45) is 5.10 Å². The van der Waals surface area contributed by atoms with Crippen molar-refractivity contribution in [3.63, 3.8) is 0 Å². The summed E-state index contributed by atoms with van der Waals surface area (Å²) in [6.07, 6.45) is 1.40. The molecule has 9 heteroatoms. The number of ether oxygens (including phenoxy) is 2. The summed E-state index contributed by atoms with van der Waals surface area (Å²) < 4.78 is 10.1. The number of nitrogens with one attached hydrogen (secondary N) is 2. The number of hydrogen-bond donors (Lipinski definition) is 2. The largest absolute Gasteiger partial charge is 0.493 e. The van der Waals surface area contributed by atoms with Crippen molar-refractivity contribution in [3.8, 4) is 11.5 Å². The van der Waals surface area contributed by atoms with Crippen LogP contribution in [-0.4, -0.2) is 37.0 Å². The van der Waals surface area contributed by atoms with Gasteiger partial charge in [0.15, 0.2) is 10.9 Å². The number of methoxy groups -OCH3 is 2. The van der Waals surface area contributed by atoms with Crippen molar-refractivity contribution in [1.29, 1.82) is 0 Å². The van der Waals surface area contributed by atoms with Crippen LogP contribution in [-0.2, 0) is 0 Å². The molecule has 0 aliphatic rings. The van der Waals surface area contributed by atoms with Crippen molar-refractivity contribution < 1.29 is 14.4 Å². The van der Waals surface area contributed by atoms with Gasteiger partial charge in [0.25, 0.3) is 0 Å². The van der Waals surface area contributed by atoms with Gasteiger partial charge in [-0.3, -0.25) is 15.5 Å². The Hall–Kier alpha value is -2.42. The quantitative estimate of drug-likeness (QED) is 0.355. The first-order valence-electron chi connectivity index (χ1n) is 6.00. The van der Waals surface area contributed by atoms with E-state index in [-0.39, 0.29) is 17.2 Å². The van der Waals surface area contributed by atoms with E-state index in [1.54, 1.807) is 6.07 Å². The Morgan fingerprint density at radius 2 is 2.19 bits per heavy atom. The van der Waals surface area contributed by atoms with Crippen LogP contribution in [0.5, 0.6) is 11.5 Å². The highest BCUT2D eigenvalue weighted by Gasteiger charge is 2.20. The molecule has 0 saturated heterocycles. The van der Waals surface area contributed by atoms with Crippen LogP contribution in [0.3, 0.4) is 0 Å². The number of nitro groups is 1. The fraction of sp³-hybridized carbons (Fsp3) is 0.333. The predicted octanol–water partition coefficient (Wildman–Crippen LogP) is 1.43. The maximum Gasteiger partial charge on any atom is 0.315 e. The van der Waals surface area contributed by atoms with Crippen molar-refractivity contribution in [3.05, 3.63) is 27.8 Å². The van der Waals surface area contributed by atoms with E-state index in [0.717, 1.165) is 0 Å². The summed E-state index contributed by atoms with van der Waals surface area (Å²) >= 11 is 4.94. The molecule has 0 heterocycles. The van der Waals surface area contributed by atoms with E-state index in [1.807, 2.05) is 6.92 Å². The number of nitro benzene ring substituents is 1. The fourth-order valence-corrected chi connectivity index (χ4v) is 1.74. The van der Waals surface area contributed by atoms with Crippen molar-refractivity contribution in [2.45, 2.75) is 6.92 Å². The van der Waals surface area contributed by atoms with Crippen LogP contribution < -0.4 is 20.2 Å². The van der Waals surface area contributed by atoms with E-state index in [0.29, 0.717) is 17.2 Å². The number of hydrogen-bond acceptors (Lipinski definition) is 6. The van der Waals surface area contributed by atoms with Crippen LogP contribution in [0.2, 0.25) is 0 Å². The van der Waals surface area contributed by atoms with E-state index < -0.39 is 4.92 Å². The first kappa shape index (κ1) is 16.6. The summed E-state index contributed by atoms with van der Waals surface area (Å²) in [5.74, 6) is 0.318. The molecular formula is C12H16N4O4S. The Bertz CT molecular complexity index is 562. The Kier molecular flexibility index (Phi) is 6.34. The van der Waals surface area contributed by atoms with Crippen LogP contribution in [0.1, 0.15) is 12.5 Å². The molecule has 0 spiro atoms. The third kappa shape index (κ3) is 4.56. The lowest BCUT2D eigenvalue weighted by atomic mass is 10.2. The highest BCUT2D eigenvalue weighted by molar-refractivity contribution is 7.80. The molecular weight excluding hydrogens is 296 g/mol. The predicted molar refractivity (Wildman–Crippen MR) is 83.2 cm³/mol. The molecule has 0 aliphatic heterocycles. The minimum atomic E-state index is -0.546. The van der Waals surface area contributed by atoms with Crippen LogP contribution in [0, 0.1) is 10.1 Å². The Labute approximate surface area is 127 Å². The standard InChI is InChI=1S/C12H16N4O4S/c1-4-13-12(21)15-14-7-8-5-9(16(17)18)11(20-3)10(6-8)19-2/h5-7H,4H2,1-3H3,(H2,13,15,21)/b14-7+. The topological polar surface area (TPSA) is 98.0 Å². The van der Waals surface area contributed by atoms with E-state index in [4.69, 9.17) is 21.7 Å². The van der Waals surface area contributed by atoms with Gasteiger partial charge in [-0.05, 0) is 25.2 Å². The molecule has 114 valence electrons. The van der Waals surface area contributed by atoms with Crippen LogP contribution in [0.15, 0.2) is 17.2 Å². The van der Waals surface area contributed by atoms with Crippen molar-refractivity contribution >= 4 is 29.2 Å². The minimum Gasteiger partial charge on any atom is -0.493 e. The lowest BCUT2D eigenvalue weighted by Gasteiger charge is -2.08. The molecule has 0 radical (unpaired) electrons. The molecule has 21 heavy (non-hydrogen) atoms. The molecule has 1 aromatic carbocycles. The molecule has 1 rings (SSSR count). The summed E-state index contributed by atoms with van der Waals surface area (Å²) in [5, 5.41) is 18.2. The van der Waals surface area contributed by atoms with Crippen molar-refractivity contribution in [1.82, 2.24) is 10.7 Å². The molecule has 1 aromatic rings. The first-order chi connectivity index (χ1) is 10.0. The summed E-state index contributed by atoms with van der Waals surface area (Å²) in [6.45, 7) is 2.57. The van der Waals surface area contributed by atoms with Gasteiger partial charge in [-0.25, -0.2) is 0 Å². The molecule has 0 saturated carbocycles. The summed E-state index contributed by atoms with van der Waals surface area (Å²) in [4.78, 5) is 10.5. The maximum atomic E-state index is 11.0. The highest BCUT2D eigenvalue weighted by atomic mass is 32.1. The summed E-state index contributed by atoms with van der Waals surface area (Å²) in [6, 6.07) is 2.91. The highest BCUT2D eigenvalue weighted by Crippen LogP contribution is 2.37. The third-order valence-corrected chi connectivity index (χ3v) is 2.63. The fourth-order valence-electron chi connectivity index (χ4n) is 1.54. The molecule has 2 N–H and O–H groups in total. The molecule has 0 amide bonds. The van der Waals surface area contributed by atoms with Gasteiger partial charge in [-0.1, -0.05) is 0 Å². The van der Waals surface area contributed by atoms with Crippen LogP contribution in [0.25, 0.3) is 0 Å². The SMILES string of the molecule is CCNC(=S)N/N=C/c1cc(OC)c(OC)c([N+](=O)[O-])c1. The van der Waals surface area contributed by atoms with E-state index in [9.17, 15) is 10.1 Å². The molecule has 0 aromatic heterocycles. The second kappa shape index (κ2) is 8.00. The number of hydrazone groups is 1. The van der Waals surface area contributed by atoms with Crippen LogP contribution in [0.4, 0.5) is 5.69 Å². The van der Waals surface area contributed by atoms with Gasteiger partial charge in [0, 0.05) is 18.2 Å². The average molecular weight is 312 g/mol. The van der Waals surface area contributed by atoms with E-state index >= 15 is 0 Å². The number of nitrogens with zero attached hydrogens (tertiary/aromatic N) is 2. The summed E-state index contributed by atoms with van der Waals surface area (Å²) in [5.41, 5.74) is 2.87. The Morgan fingerprint density at radius 1 is 1.48 bits per heavy atom. The number of rotatable bonds is 6. The second-order valence-corrected chi connectivity index (χ2v) is 4.17. The van der Waals surface area contributed by atoms with E-state index in [2.05, 4.69) is 15.8 Å². The van der Waals surface area contributed by atoms with Crippen molar-refractivity contribution in [2.75, 3.05) is 20.8 Å². The normalized spacial score (nSPS) is 10.2. The molecule has 0 aliphatic carbocycles. The monoisotopic (exact) mass is 312 g/mol. The maximum absolute atomic E-state index is 11.0. The second-order valence-electron chi connectivity index (χ2n) is 3.76. The lowest BCUT2D eigenvalue weighted by Crippen LogP contribution is -2.31.